The third-order valence-electron chi connectivity index (χ3n) is 2.24. The van der Waals surface area contributed by atoms with E-state index in [0.717, 1.165) is 11.3 Å². The molecule has 0 spiro atoms. The Bertz CT molecular complexity index is 528. The van der Waals surface area contributed by atoms with E-state index in [0.29, 0.717) is 5.76 Å². The Morgan fingerprint density at radius 2 is 2.18 bits per heavy atom. The molecule has 0 unspecified atom stereocenters. The van der Waals surface area contributed by atoms with E-state index in [9.17, 15) is 4.79 Å². The molecule has 0 aliphatic rings. The molecule has 0 fully saturated rings. The Labute approximate surface area is 98.4 Å². The summed E-state index contributed by atoms with van der Waals surface area (Å²) in [7, 11) is 0. The van der Waals surface area contributed by atoms with E-state index in [1.807, 2.05) is 31.2 Å². The lowest BCUT2D eigenvalue weighted by molar-refractivity contribution is 0.0658. The van der Waals surface area contributed by atoms with Crippen LogP contribution in [0.1, 0.15) is 21.9 Å². The van der Waals surface area contributed by atoms with Gasteiger partial charge in [0.15, 0.2) is 0 Å². The summed E-state index contributed by atoms with van der Waals surface area (Å²) < 4.78 is 10.6. The van der Waals surface area contributed by atoms with Crippen LogP contribution in [0.15, 0.2) is 40.8 Å². The van der Waals surface area contributed by atoms with Gasteiger partial charge in [0.05, 0.1) is 0 Å². The highest BCUT2D eigenvalue weighted by Crippen LogP contribution is 2.15. The van der Waals surface area contributed by atoms with Crippen LogP contribution in [0.3, 0.4) is 0 Å². The minimum atomic E-state index is -1.08. The van der Waals surface area contributed by atoms with Crippen LogP contribution < -0.4 is 4.74 Å². The van der Waals surface area contributed by atoms with Crippen LogP contribution in [0.2, 0.25) is 0 Å². The molecule has 1 aromatic carbocycles. The summed E-state index contributed by atoms with van der Waals surface area (Å²) in [6.07, 6.45) is 0. The molecule has 4 nitrogen and oxygen atoms in total. The van der Waals surface area contributed by atoms with E-state index >= 15 is 0 Å². The summed E-state index contributed by atoms with van der Waals surface area (Å²) in [6.45, 7) is 2.19. The third kappa shape index (κ3) is 2.87. The van der Waals surface area contributed by atoms with Crippen LogP contribution in [-0.2, 0) is 6.61 Å². The molecule has 0 bridgehead atoms. The fourth-order valence-electron chi connectivity index (χ4n) is 1.43. The molecule has 1 N–H and O–H groups in total. The van der Waals surface area contributed by atoms with E-state index in [-0.39, 0.29) is 12.4 Å². The molecule has 0 atom stereocenters. The fraction of sp³-hybridized carbons (Fsp3) is 0.154. The SMILES string of the molecule is Cc1cccc(OCc2ccc(C(=O)O)o2)c1. The van der Waals surface area contributed by atoms with Crippen molar-refractivity contribution in [3.63, 3.8) is 0 Å². The zero-order valence-electron chi connectivity index (χ0n) is 9.34. The van der Waals surface area contributed by atoms with Crippen LogP contribution in [0, 0.1) is 6.92 Å². The van der Waals surface area contributed by atoms with Crippen molar-refractivity contribution < 1.29 is 19.1 Å². The van der Waals surface area contributed by atoms with Crippen molar-refractivity contribution in [3.8, 4) is 5.75 Å². The predicted molar refractivity (Wildman–Crippen MR) is 61.2 cm³/mol. The first-order chi connectivity index (χ1) is 8.15. The van der Waals surface area contributed by atoms with E-state index in [2.05, 4.69) is 0 Å². The average Bonchev–Trinajstić information content (AvgIpc) is 2.75. The highest BCUT2D eigenvalue weighted by molar-refractivity contribution is 5.84. The van der Waals surface area contributed by atoms with Crippen molar-refractivity contribution in [2.24, 2.45) is 0 Å². The number of carbonyl (C=O) groups is 1. The van der Waals surface area contributed by atoms with Gasteiger partial charge in [0, 0.05) is 0 Å². The average molecular weight is 232 g/mol. The topological polar surface area (TPSA) is 59.7 Å². The van der Waals surface area contributed by atoms with Crippen molar-refractivity contribution in [1.29, 1.82) is 0 Å². The molecule has 17 heavy (non-hydrogen) atoms. The second-order valence-electron chi connectivity index (χ2n) is 3.68. The molecule has 0 aliphatic heterocycles. The standard InChI is InChI=1S/C13H12O4/c1-9-3-2-4-10(7-9)16-8-11-5-6-12(17-11)13(14)15/h2-7H,8H2,1H3,(H,14,15). The smallest absolute Gasteiger partial charge is 0.371 e. The summed E-state index contributed by atoms with van der Waals surface area (Å²) in [5, 5.41) is 8.69. The van der Waals surface area contributed by atoms with Gasteiger partial charge in [-0.2, -0.15) is 0 Å². The number of carboxylic acids is 1. The molecule has 1 heterocycles. The zero-order chi connectivity index (χ0) is 12.3. The van der Waals surface area contributed by atoms with Crippen LogP contribution in [0.5, 0.6) is 5.75 Å². The number of hydrogen-bond donors (Lipinski definition) is 1. The number of aromatic carboxylic acids is 1. The van der Waals surface area contributed by atoms with Crippen LogP contribution in [0.4, 0.5) is 0 Å². The monoisotopic (exact) mass is 232 g/mol. The van der Waals surface area contributed by atoms with Crippen molar-refractivity contribution in [1.82, 2.24) is 0 Å². The summed E-state index contributed by atoms with van der Waals surface area (Å²) in [6, 6.07) is 10.6. The van der Waals surface area contributed by atoms with Crippen LogP contribution in [-0.4, -0.2) is 11.1 Å². The number of carboxylic acid groups (broad SMARTS) is 1. The van der Waals surface area contributed by atoms with Crippen molar-refractivity contribution in [3.05, 3.63) is 53.5 Å². The molecular weight excluding hydrogens is 220 g/mol. The predicted octanol–water partition coefficient (Wildman–Crippen LogP) is 2.87. The van der Waals surface area contributed by atoms with Gasteiger partial charge in [0.2, 0.25) is 5.76 Å². The molecule has 2 aromatic rings. The number of rotatable bonds is 4. The molecule has 88 valence electrons. The summed E-state index contributed by atoms with van der Waals surface area (Å²) in [5.41, 5.74) is 1.10. The Balaban J connectivity index is 2.00. The maximum Gasteiger partial charge on any atom is 0.371 e. The van der Waals surface area contributed by atoms with Crippen LogP contribution >= 0.6 is 0 Å². The van der Waals surface area contributed by atoms with Gasteiger partial charge in [-0.05, 0) is 36.8 Å². The van der Waals surface area contributed by atoms with Gasteiger partial charge in [0.1, 0.15) is 18.1 Å². The van der Waals surface area contributed by atoms with E-state index in [1.54, 1.807) is 6.07 Å². The zero-order valence-corrected chi connectivity index (χ0v) is 9.34. The lowest BCUT2D eigenvalue weighted by Gasteiger charge is -2.04. The molecular formula is C13H12O4. The normalized spacial score (nSPS) is 10.2. The van der Waals surface area contributed by atoms with E-state index < -0.39 is 5.97 Å². The number of furan rings is 1. The fourth-order valence-corrected chi connectivity index (χ4v) is 1.43. The highest BCUT2D eigenvalue weighted by atomic mass is 16.5. The summed E-state index contributed by atoms with van der Waals surface area (Å²) in [4.78, 5) is 10.6. The van der Waals surface area contributed by atoms with Gasteiger partial charge in [0.25, 0.3) is 0 Å². The lowest BCUT2D eigenvalue weighted by Crippen LogP contribution is -1.95. The molecule has 4 heteroatoms. The second kappa shape index (κ2) is 4.74. The van der Waals surface area contributed by atoms with Gasteiger partial charge in [-0.25, -0.2) is 4.79 Å². The Kier molecular flexibility index (Phi) is 3.14. The van der Waals surface area contributed by atoms with Gasteiger partial charge in [-0.1, -0.05) is 12.1 Å². The number of ether oxygens (including phenoxy) is 1. The molecule has 0 radical (unpaired) electrons. The molecule has 0 aliphatic carbocycles. The van der Waals surface area contributed by atoms with Gasteiger partial charge < -0.3 is 14.3 Å². The summed E-state index contributed by atoms with van der Waals surface area (Å²) >= 11 is 0. The Morgan fingerprint density at radius 3 is 2.82 bits per heavy atom. The third-order valence-corrected chi connectivity index (χ3v) is 2.24. The van der Waals surface area contributed by atoms with Crippen molar-refractivity contribution in [2.75, 3.05) is 0 Å². The van der Waals surface area contributed by atoms with Gasteiger partial charge in [-0.3, -0.25) is 0 Å². The van der Waals surface area contributed by atoms with E-state index in [4.69, 9.17) is 14.3 Å². The molecule has 1 aromatic heterocycles. The first-order valence-electron chi connectivity index (χ1n) is 5.16. The van der Waals surface area contributed by atoms with Crippen molar-refractivity contribution >= 4 is 5.97 Å². The first kappa shape index (κ1) is 11.3. The molecule has 2 rings (SSSR count). The second-order valence-corrected chi connectivity index (χ2v) is 3.68. The quantitative estimate of drug-likeness (QED) is 0.880. The van der Waals surface area contributed by atoms with Crippen molar-refractivity contribution in [2.45, 2.75) is 13.5 Å². The Morgan fingerprint density at radius 1 is 1.35 bits per heavy atom. The number of hydrogen-bond acceptors (Lipinski definition) is 3. The van der Waals surface area contributed by atoms with Gasteiger partial charge in [-0.15, -0.1) is 0 Å². The molecule has 0 saturated carbocycles. The number of benzene rings is 1. The maximum absolute atomic E-state index is 10.6. The first-order valence-corrected chi connectivity index (χ1v) is 5.16. The van der Waals surface area contributed by atoms with Crippen LogP contribution in [0.25, 0.3) is 0 Å². The van der Waals surface area contributed by atoms with Gasteiger partial charge >= 0.3 is 5.97 Å². The van der Waals surface area contributed by atoms with E-state index in [1.165, 1.54) is 6.07 Å². The summed E-state index contributed by atoms with van der Waals surface area (Å²) in [5.74, 6) is 0.0711. The largest absolute Gasteiger partial charge is 0.486 e. The Hall–Kier alpha value is -2.23. The molecule has 0 saturated heterocycles. The minimum Gasteiger partial charge on any atom is -0.486 e. The lowest BCUT2D eigenvalue weighted by atomic mass is 10.2. The minimum absolute atomic E-state index is 0.0761. The highest BCUT2D eigenvalue weighted by Gasteiger charge is 2.08. The maximum atomic E-state index is 10.6. The number of aryl methyl sites for hydroxylation is 1. The molecule has 0 amide bonds.